The van der Waals surface area contributed by atoms with E-state index in [1.807, 2.05) is 0 Å². The molecule has 0 aromatic heterocycles. The molecule has 0 aliphatic carbocycles. The van der Waals surface area contributed by atoms with Gasteiger partial charge in [-0.15, -0.1) is 0 Å². The highest BCUT2D eigenvalue weighted by atomic mass is 32.1. The molecule has 2 nitrogen and oxygen atoms in total. The molecule has 0 fully saturated rings. The largest absolute Gasteiger partial charge is 0.496 e. The van der Waals surface area contributed by atoms with Crippen LogP contribution in [0.1, 0.15) is 0 Å². The smallest absolute Gasteiger partial charge is 0.134 e. The first kappa shape index (κ1) is 15.0. The highest BCUT2D eigenvalue weighted by molar-refractivity contribution is 7.78. The number of nitrogens with one attached hydrogen (secondary N) is 1. The van der Waals surface area contributed by atoms with Crippen LogP contribution in [0.5, 0.6) is 5.75 Å². The van der Waals surface area contributed by atoms with E-state index in [2.05, 4.69) is 12.2 Å². The van der Waals surface area contributed by atoms with Crippen LogP contribution in [0.4, 0.5) is 8.78 Å². The van der Waals surface area contributed by atoms with Crippen molar-refractivity contribution in [1.82, 2.24) is 0 Å². The number of para-hydroxylation sites is 1. The highest BCUT2D eigenvalue weighted by Gasteiger charge is 2.14. The van der Waals surface area contributed by atoms with Crippen molar-refractivity contribution >= 4 is 17.4 Å². The molecule has 2 aromatic carbocycles. The van der Waals surface area contributed by atoms with Crippen LogP contribution in [-0.4, -0.2) is 12.3 Å². The van der Waals surface area contributed by atoms with Gasteiger partial charge in [-0.3, -0.25) is 0 Å². The second-order valence-electron chi connectivity index (χ2n) is 3.40. The van der Waals surface area contributed by atoms with Crippen LogP contribution >= 0.6 is 12.2 Å². The second-order valence-corrected chi connectivity index (χ2v) is 3.60. The molecule has 0 atom stereocenters. The van der Waals surface area contributed by atoms with Crippen molar-refractivity contribution in [3.05, 3.63) is 54.1 Å². The topological polar surface area (TPSA) is 33.1 Å². The summed E-state index contributed by atoms with van der Waals surface area (Å²) in [5, 5.41) is 7.36. The minimum absolute atomic E-state index is 0.0556. The van der Waals surface area contributed by atoms with E-state index in [-0.39, 0.29) is 5.56 Å². The predicted molar refractivity (Wildman–Crippen MR) is 73.7 cm³/mol. The maximum atomic E-state index is 13.6. The molecule has 5 heteroatoms. The Morgan fingerprint density at radius 3 is 2.11 bits per heavy atom. The average Bonchev–Trinajstić information content (AvgIpc) is 2.40. The number of thiocarbonyl (C=S) groups is 1. The summed E-state index contributed by atoms with van der Waals surface area (Å²) in [5.74, 6) is -0.736. The Bertz CT molecular complexity index is 575. The van der Waals surface area contributed by atoms with Gasteiger partial charge in [0.1, 0.15) is 17.4 Å². The summed E-state index contributed by atoms with van der Waals surface area (Å²) in [6.45, 7) is 0. The number of rotatable bonds is 2. The Morgan fingerprint density at radius 2 is 1.58 bits per heavy atom. The van der Waals surface area contributed by atoms with Gasteiger partial charge in [0.25, 0.3) is 0 Å². The van der Waals surface area contributed by atoms with Crippen LogP contribution in [0.3, 0.4) is 0 Å². The molecule has 0 heterocycles. The molecular formula is C14H11F2NOS. The maximum Gasteiger partial charge on any atom is 0.134 e. The SMILES string of the molecule is COc1ccccc1-c1c(F)cccc1F.N=C=S. The Hall–Kier alpha value is -2.10. The van der Waals surface area contributed by atoms with Gasteiger partial charge in [0.15, 0.2) is 0 Å². The fourth-order valence-electron chi connectivity index (χ4n) is 1.61. The minimum Gasteiger partial charge on any atom is -0.496 e. The summed E-state index contributed by atoms with van der Waals surface area (Å²) in [7, 11) is 1.47. The Kier molecular flexibility index (Phi) is 5.79. The number of isothiocyanates is 1. The molecule has 98 valence electrons. The fraction of sp³-hybridized carbons (Fsp3) is 0.0714. The van der Waals surface area contributed by atoms with Crippen LogP contribution in [-0.2, 0) is 0 Å². The summed E-state index contributed by atoms with van der Waals surface area (Å²) in [5.41, 5.74) is 0.362. The molecule has 0 unspecified atom stereocenters. The number of benzene rings is 2. The molecule has 0 radical (unpaired) electrons. The summed E-state index contributed by atoms with van der Waals surface area (Å²) in [6, 6.07) is 10.5. The molecule has 0 saturated carbocycles. The molecule has 0 spiro atoms. The van der Waals surface area contributed by atoms with E-state index in [0.717, 1.165) is 0 Å². The Labute approximate surface area is 115 Å². The van der Waals surface area contributed by atoms with E-state index in [0.29, 0.717) is 11.3 Å². The third kappa shape index (κ3) is 3.68. The van der Waals surface area contributed by atoms with Crippen LogP contribution in [0.25, 0.3) is 11.1 Å². The lowest BCUT2D eigenvalue weighted by atomic mass is 10.0. The van der Waals surface area contributed by atoms with Crippen molar-refractivity contribution in [3.8, 4) is 16.9 Å². The van der Waals surface area contributed by atoms with Gasteiger partial charge in [-0.1, -0.05) is 24.3 Å². The van der Waals surface area contributed by atoms with E-state index in [9.17, 15) is 8.78 Å². The summed E-state index contributed by atoms with van der Waals surface area (Å²) in [4.78, 5) is 0. The van der Waals surface area contributed by atoms with Crippen molar-refractivity contribution in [1.29, 1.82) is 5.41 Å². The Morgan fingerprint density at radius 1 is 1.05 bits per heavy atom. The second kappa shape index (κ2) is 7.36. The van der Waals surface area contributed by atoms with E-state index in [4.69, 9.17) is 10.1 Å². The molecule has 2 aromatic rings. The molecule has 0 bridgehead atoms. The quantitative estimate of drug-likeness (QED) is 0.656. The van der Waals surface area contributed by atoms with E-state index >= 15 is 0 Å². The van der Waals surface area contributed by atoms with Gasteiger partial charge in [-0.2, -0.15) is 0 Å². The summed E-state index contributed by atoms with van der Waals surface area (Å²) < 4.78 is 32.2. The van der Waals surface area contributed by atoms with Gasteiger partial charge < -0.3 is 4.74 Å². The first-order valence-electron chi connectivity index (χ1n) is 5.27. The lowest BCUT2D eigenvalue weighted by Crippen LogP contribution is -1.93. The third-order valence-corrected chi connectivity index (χ3v) is 2.34. The normalized spacial score (nSPS) is 9.00. The molecule has 19 heavy (non-hydrogen) atoms. The molecule has 0 aliphatic heterocycles. The van der Waals surface area contributed by atoms with Gasteiger partial charge in [0.05, 0.1) is 17.8 Å². The van der Waals surface area contributed by atoms with E-state index in [1.165, 1.54) is 25.3 Å². The zero-order chi connectivity index (χ0) is 14.3. The van der Waals surface area contributed by atoms with Crippen LogP contribution in [0.2, 0.25) is 0 Å². The number of hydrogen-bond donors (Lipinski definition) is 1. The molecule has 0 aliphatic rings. The molecule has 0 saturated heterocycles. The molecular weight excluding hydrogens is 268 g/mol. The third-order valence-electron chi connectivity index (χ3n) is 2.34. The lowest BCUT2D eigenvalue weighted by Gasteiger charge is -2.09. The molecule has 2 rings (SSSR count). The van der Waals surface area contributed by atoms with Crippen molar-refractivity contribution in [2.75, 3.05) is 7.11 Å². The Balaban J connectivity index is 0.000000550. The highest BCUT2D eigenvalue weighted by Crippen LogP contribution is 2.33. The van der Waals surface area contributed by atoms with Gasteiger partial charge in [-0.25, -0.2) is 14.2 Å². The number of ether oxygens (including phenoxy) is 1. The van der Waals surface area contributed by atoms with Crippen molar-refractivity contribution in [2.45, 2.75) is 0 Å². The van der Waals surface area contributed by atoms with Gasteiger partial charge >= 0.3 is 0 Å². The fourth-order valence-corrected chi connectivity index (χ4v) is 1.61. The van der Waals surface area contributed by atoms with Crippen LogP contribution in [0.15, 0.2) is 42.5 Å². The first-order chi connectivity index (χ1) is 9.15. The number of methoxy groups -OCH3 is 1. The van der Waals surface area contributed by atoms with Crippen molar-refractivity contribution in [3.63, 3.8) is 0 Å². The predicted octanol–water partition coefficient (Wildman–Crippen LogP) is 4.31. The zero-order valence-electron chi connectivity index (χ0n) is 10.1. The maximum absolute atomic E-state index is 13.6. The standard InChI is InChI=1S/C13H10F2O.CHNS/c1-16-12-8-3-2-5-9(12)13-10(14)6-4-7-11(13)15;2-1-3/h2-8H,1H3;2H. The minimum atomic E-state index is -0.593. The average molecular weight is 279 g/mol. The first-order valence-corrected chi connectivity index (χ1v) is 5.67. The van der Waals surface area contributed by atoms with Crippen molar-refractivity contribution in [2.24, 2.45) is 0 Å². The number of hydrogen-bond acceptors (Lipinski definition) is 3. The van der Waals surface area contributed by atoms with Gasteiger partial charge in [0.2, 0.25) is 0 Å². The monoisotopic (exact) mass is 279 g/mol. The summed E-state index contributed by atoms with van der Waals surface area (Å²) >= 11 is 3.81. The van der Waals surface area contributed by atoms with Crippen LogP contribution in [0, 0.1) is 17.0 Å². The molecule has 1 N–H and O–H groups in total. The van der Waals surface area contributed by atoms with E-state index < -0.39 is 11.6 Å². The van der Waals surface area contributed by atoms with Gasteiger partial charge in [-0.05, 0) is 30.4 Å². The van der Waals surface area contributed by atoms with Crippen molar-refractivity contribution < 1.29 is 13.5 Å². The molecule has 0 amide bonds. The van der Waals surface area contributed by atoms with Crippen LogP contribution < -0.4 is 4.74 Å². The number of halogens is 2. The van der Waals surface area contributed by atoms with Gasteiger partial charge in [0, 0.05) is 5.56 Å². The zero-order valence-corrected chi connectivity index (χ0v) is 10.9. The summed E-state index contributed by atoms with van der Waals surface area (Å²) in [6.07, 6.45) is 0. The lowest BCUT2D eigenvalue weighted by molar-refractivity contribution is 0.415. The van der Waals surface area contributed by atoms with E-state index in [1.54, 1.807) is 29.4 Å².